The van der Waals surface area contributed by atoms with Crippen molar-refractivity contribution in [3.8, 4) is 17.3 Å². The second-order valence-corrected chi connectivity index (χ2v) is 5.33. The number of carbonyl (C=O) groups excluding carboxylic acids is 1. The highest BCUT2D eigenvalue weighted by Gasteiger charge is 2.18. The van der Waals surface area contributed by atoms with Gasteiger partial charge in [-0.25, -0.2) is 0 Å². The summed E-state index contributed by atoms with van der Waals surface area (Å²) < 4.78 is 5.09. The van der Waals surface area contributed by atoms with Crippen LogP contribution in [0.25, 0.3) is 11.3 Å². The average Bonchev–Trinajstić information content (AvgIpc) is 2.64. The van der Waals surface area contributed by atoms with Gasteiger partial charge in [0.05, 0.1) is 17.9 Å². The van der Waals surface area contributed by atoms with Crippen molar-refractivity contribution in [3.63, 3.8) is 0 Å². The van der Waals surface area contributed by atoms with Gasteiger partial charge >= 0.3 is 0 Å². The minimum atomic E-state index is -0.0194. The van der Waals surface area contributed by atoms with Gasteiger partial charge in [0.1, 0.15) is 12.7 Å². The first-order chi connectivity index (χ1) is 11.8. The number of anilines is 1. The van der Waals surface area contributed by atoms with Crippen LogP contribution in [0.3, 0.4) is 0 Å². The van der Waals surface area contributed by atoms with Crippen molar-refractivity contribution < 1.29 is 9.53 Å². The van der Waals surface area contributed by atoms with Gasteiger partial charge in [0, 0.05) is 25.2 Å². The lowest BCUT2D eigenvalue weighted by atomic mass is 10.1. The average molecular weight is 323 g/mol. The highest BCUT2D eigenvalue weighted by molar-refractivity contribution is 5.78. The smallest absolute Gasteiger partial charge is 0.248 e. The standard InChI is InChI=1S/C17H17N5O2/c18-11-14-10-15(13-4-2-1-3-5-13)20-21-17(14)19-6-7-22-8-9-24-12-16(22)23/h1-5,10H,6-9,12H2,(H,19,21). The molecule has 0 radical (unpaired) electrons. The third-order valence-corrected chi connectivity index (χ3v) is 3.74. The summed E-state index contributed by atoms with van der Waals surface area (Å²) in [6, 6.07) is 13.4. The largest absolute Gasteiger partial charge is 0.370 e. The molecule has 1 saturated heterocycles. The van der Waals surface area contributed by atoms with Gasteiger partial charge in [-0.2, -0.15) is 5.26 Å². The first-order valence-corrected chi connectivity index (χ1v) is 7.70. The van der Waals surface area contributed by atoms with Gasteiger partial charge in [-0.05, 0) is 6.07 Å². The van der Waals surface area contributed by atoms with Gasteiger partial charge in [-0.15, -0.1) is 10.2 Å². The fourth-order valence-corrected chi connectivity index (χ4v) is 2.45. The Morgan fingerprint density at radius 1 is 1.29 bits per heavy atom. The molecule has 0 saturated carbocycles. The molecule has 0 unspecified atom stereocenters. The Balaban J connectivity index is 1.65. The number of nitrogens with one attached hydrogen (secondary N) is 1. The van der Waals surface area contributed by atoms with Crippen molar-refractivity contribution in [1.29, 1.82) is 5.26 Å². The number of hydrogen-bond acceptors (Lipinski definition) is 6. The molecule has 1 fully saturated rings. The minimum absolute atomic E-state index is 0.0194. The van der Waals surface area contributed by atoms with Crippen molar-refractivity contribution in [3.05, 3.63) is 42.0 Å². The number of benzene rings is 1. The summed E-state index contributed by atoms with van der Waals surface area (Å²) in [6.45, 7) is 2.31. The van der Waals surface area contributed by atoms with Gasteiger partial charge in [0.25, 0.3) is 0 Å². The number of nitriles is 1. The Morgan fingerprint density at radius 3 is 2.88 bits per heavy atom. The number of carbonyl (C=O) groups is 1. The van der Waals surface area contributed by atoms with E-state index in [2.05, 4.69) is 21.6 Å². The summed E-state index contributed by atoms with van der Waals surface area (Å²) in [7, 11) is 0. The van der Waals surface area contributed by atoms with Gasteiger partial charge in [0.15, 0.2) is 5.82 Å². The van der Waals surface area contributed by atoms with E-state index in [4.69, 9.17) is 4.74 Å². The molecule has 0 atom stereocenters. The molecule has 1 aliphatic heterocycles. The van der Waals surface area contributed by atoms with Crippen LogP contribution in [0.4, 0.5) is 5.82 Å². The molecular weight excluding hydrogens is 306 g/mol. The Morgan fingerprint density at radius 2 is 2.12 bits per heavy atom. The number of hydrogen-bond donors (Lipinski definition) is 1. The first kappa shape index (κ1) is 15.9. The van der Waals surface area contributed by atoms with Crippen LogP contribution in [0.5, 0.6) is 0 Å². The zero-order chi connectivity index (χ0) is 16.8. The van der Waals surface area contributed by atoms with Crippen LogP contribution in [0.1, 0.15) is 5.56 Å². The number of morpholine rings is 1. The number of amides is 1. The molecule has 1 N–H and O–H groups in total. The lowest BCUT2D eigenvalue weighted by Crippen LogP contribution is -2.43. The van der Waals surface area contributed by atoms with E-state index in [-0.39, 0.29) is 12.5 Å². The van der Waals surface area contributed by atoms with Crippen LogP contribution in [-0.2, 0) is 9.53 Å². The molecule has 1 amide bonds. The number of aromatic nitrogens is 2. The normalized spacial score (nSPS) is 14.3. The Kier molecular flexibility index (Phi) is 4.99. The lowest BCUT2D eigenvalue weighted by molar-refractivity contribution is -0.142. The Hall–Kier alpha value is -2.98. The molecule has 24 heavy (non-hydrogen) atoms. The third kappa shape index (κ3) is 3.67. The molecule has 122 valence electrons. The molecule has 7 nitrogen and oxygen atoms in total. The predicted octanol–water partition coefficient (Wildman–Crippen LogP) is 1.29. The highest BCUT2D eigenvalue weighted by Crippen LogP contribution is 2.20. The second kappa shape index (κ2) is 7.53. The summed E-state index contributed by atoms with van der Waals surface area (Å²) in [5.41, 5.74) is 1.99. The van der Waals surface area contributed by atoms with Crippen LogP contribution in [0.15, 0.2) is 36.4 Å². The number of ether oxygens (including phenoxy) is 1. The molecule has 0 bridgehead atoms. The topological polar surface area (TPSA) is 91.1 Å². The number of nitrogens with zero attached hydrogens (tertiary/aromatic N) is 4. The van der Waals surface area contributed by atoms with E-state index in [0.717, 1.165) is 5.56 Å². The fourth-order valence-electron chi connectivity index (χ4n) is 2.45. The van der Waals surface area contributed by atoms with Crippen molar-refractivity contribution in [2.75, 3.05) is 38.2 Å². The maximum absolute atomic E-state index is 11.7. The molecule has 7 heteroatoms. The molecule has 1 aromatic carbocycles. The van der Waals surface area contributed by atoms with E-state index in [1.165, 1.54) is 0 Å². The zero-order valence-corrected chi connectivity index (χ0v) is 13.1. The van der Waals surface area contributed by atoms with Crippen molar-refractivity contribution in [1.82, 2.24) is 15.1 Å². The van der Waals surface area contributed by atoms with Gasteiger partial charge in [0.2, 0.25) is 5.91 Å². The maximum atomic E-state index is 11.7. The maximum Gasteiger partial charge on any atom is 0.248 e. The highest BCUT2D eigenvalue weighted by atomic mass is 16.5. The van der Waals surface area contributed by atoms with Gasteiger partial charge in [-0.1, -0.05) is 30.3 Å². The van der Waals surface area contributed by atoms with E-state index < -0.39 is 0 Å². The summed E-state index contributed by atoms with van der Waals surface area (Å²) in [5, 5.41) is 20.7. The van der Waals surface area contributed by atoms with E-state index in [1.54, 1.807) is 11.0 Å². The second-order valence-electron chi connectivity index (χ2n) is 5.33. The molecule has 0 spiro atoms. The SMILES string of the molecule is N#Cc1cc(-c2ccccc2)nnc1NCCN1CCOCC1=O. The van der Waals surface area contributed by atoms with Crippen LogP contribution in [-0.4, -0.2) is 53.9 Å². The monoisotopic (exact) mass is 323 g/mol. The van der Waals surface area contributed by atoms with Gasteiger partial charge < -0.3 is 15.0 Å². The summed E-state index contributed by atoms with van der Waals surface area (Å²) in [6.07, 6.45) is 0. The molecule has 2 heterocycles. The fraction of sp³-hybridized carbons (Fsp3) is 0.294. The van der Waals surface area contributed by atoms with Crippen molar-refractivity contribution in [2.24, 2.45) is 0 Å². The Bertz CT molecular complexity index is 757. The summed E-state index contributed by atoms with van der Waals surface area (Å²) in [4.78, 5) is 13.4. The van der Waals surface area contributed by atoms with E-state index in [1.807, 2.05) is 30.3 Å². The molecule has 0 aliphatic carbocycles. The van der Waals surface area contributed by atoms with Crippen LogP contribution < -0.4 is 5.32 Å². The molecular formula is C17H17N5O2. The first-order valence-electron chi connectivity index (χ1n) is 7.70. The third-order valence-electron chi connectivity index (χ3n) is 3.74. The predicted molar refractivity (Wildman–Crippen MR) is 88.1 cm³/mol. The van der Waals surface area contributed by atoms with Crippen molar-refractivity contribution in [2.45, 2.75) is 0 Å². The molecule has 2 aromatic rings. The minimum Gasteiger partial charge on any atom is -0.370 e. The van der Waals surface area contributed by atoms with E-state index in [9.17, 15) is 10.1 Å². The van der Waals surface area contributed by atoms with Crippen LogP contribution >= 0.6 is 0 Å². The van der Waals surface area contributed by atoms with E-state index >= 15 is 0 Å². The molecule has 1 aliphatic rings. The van der Waals surface area contributed by atoms with Crippen LogP contribution in [0, 0.1) is 11.3 Å². The van der Waals surface area contributed by atoms with Crippen LogP contribution in [0.2, 0.25) is 0 Å². The summed E-state index contributed by atoms with van der Waals surface area (Å²) in [5.74, 6) is 0.409. The lowest BCUT2D eigenvalue weighted by Gasteiger charge is -2.26. The number of rotatable bonds is 5. The van der Waals surface area contributed by atoms with E-state index in [0.29, 0.717) is 43.3 Å². The zero-order valence-electron chi connectivity index (χ0n) is 13.1. The molecule has 3 rings (SSSR count). The quantitative estimate of drug-likeness (QED) is 0.891. The molecule has 1 aromatic heterocycles. The van der Waals surface area contributed by atoms with Gasteiger partial charge in [-0.3, -0.25) is 4.79 Å². The van der Waals surface area contributed by atoms with Crippen molar-refractivity contribution >= 4 is 11.7 Å². The Labute approximate surface area is 139 Å². The summed E-state index contributed by atoms with van der Waals surface area (Å²) >= 11 is 0.